The number of amides is 1. The molecule has 0 aliphatic rings. The zero-order chi connectivity index (χ0) is 24.2. The Kier molecular flexibility index (Phi) is 7.88. The van der Waals surface area contributed by atoms with Gasteiger partial charge in [-0.15, -0.1) is 0 Å². The molecule has 0 unspecified atom stereocenters. The van der Waals surface area contributed by atoms with Crippen LogP contribution in [0.25, 0.3) is 0 Å². The summed E-state index contributed by atoms with van der Waals surface area (Å²) in [5.74, 6) is 0.439. The van der Waals surface area contributed by atoms with Crippen LogP contribution in [0.1, 0.15) is 11.1 Å². The number of benzene rings is 3. The molecule has 0 aliphatic heterocycles. The van der Waals surface area contributed by atoms with Crippen molar-refractivity contribution >= 4 is 54.8 Å². The van der Waals surface area contributed by atoms with E-state index in [1.165, 1.54) is 25.3 Å². The molecule has 7 nitrogen and oxygen atoms in total. The van der Waals surface area contributed by atoms with Gasteiger partial charge in [0.25, 0.3) is 15.9 Å². The number of ether oxygens (including phenoxy) is 2. The van der Waals surface area contributed by atoms with Crippen LogP contribution in [0, 0.1) is 13.8 Å². The maximum Gasteiger partial charge on any atom is 0.262 e. The standard InChI is InChI=1S/C23H22BrClN2O5S/c1-14-10-16(24)11-15(2)23(14)26-22(28)13-32-21-9-8-19(12-20(21)25)33(29,30)27-17-4-6-18(31-3)7-5-17/h4-12,27H,13H2,1-3H3,(H,26,28). The molecule has 1 amide bonds. The van der Waals surface area contributed by atoms with Gasteiger partial charge >= 0.3 is 0 Å². The highest BCUT2D eigenvalue weighted by Crippen LogP contribution is 2.29. The highest BCUT2D eigenvalue weighted by atomic mass is 79.9. The first kappa shape index (κ1) is 24.9. The molecule has 0 fully saturated rings. The van der Waals surface area contributed by atoms with E-state index in [1.807, 2.05) is 26.0 Å². The maximum atomic E-state index is 12.7. The normalized spacial score (nSPS) is 11.1. The van der Waals surface area contributed by atoms with E-state index in [1.54, 1.807) is 24.3 Å². The van der Waals surface area contributed by atoms with Gasteiger partial charge in [0.1, 0.15) is 11.5 Å². The number of hydrogen-bond acceptors (Lipinski definition) is 5. The Morgan fingerprint density at radius 3 is 2.24 bits per heavy atom. The van der Waals surface area contributed by atoms with Crippen LogP contribution >= 0.6 is 27.5 Å². The highest BCUT2D eigenvalue weighted by molar-refractivity contribution is 9.10. The molecule has 0 saturated carbocycles. The topological polar surface area (TPSA) is 93.7 Å². The molecule has 3 rings (SSSR count). The number of carbonyl (C=O) groups excluding carboxylic acids is 1. The van der Waals surface area contributed by atoms with Gasteiger partial charge in [0.2, 0.25) is 0 Å². The van der Waals surface area contributed by atoms with Gasteiger partial charge in [-0.3, -0.25) is 9.52 Å². The smallest absolute Gasteiger partial charge is 0.262 e. The Hall–Kier alpha value is -2.75. The minimum atomic E-state index is -3.87. The minimum absolute atomic E-state index is 0.0405. The van der Waals surface area contributed by atoms with E-state index in [9.17, 15) is 13.2 Å². The lowest BCUT2D eigenvalue weighted by Gasteiger charge is -2.14. The fourth-order valence-corrected chi connectivity index (χ4v) is 5.14. The Morgan fingerprint density at radius 2 is 1.67 bits per heavy atom. The SMILES string of the molecule is COc1ccc(NS(=O)(=O)c2ccc(OCC(=O)Nc3c(C)cc(Br)cc3C)c(Cl)c2)cc1. The van der Waals surface area contributed by atoms with Gasteiger partial charge in [-0.05, 0) is 79.6 Å². The third-order valence-electron chi connectivity index (χ3n) is 4.68. The summed E-state index contributed by atoms with van der Waals surface area (Å²) < 4.78 is 39.3. The number of rotatable bonds is 8. The molecule has 3 aromatic rings. The molecule has 0 radical (unpaired) electrons. The molecule has 0 atom stereocenters. The van der Waals surface area contributed by atoms with Crippen molar-refractivity contribution < 1.29 is 22.7 Å². The second-order valence-corrected chi connectivity index (χ2v) is 10.2. The Bertz CT molecular complexity index is 1260. The number of aryl methyl sites for hydroxylation is 2. The second-order valence-electron chi connectivity index (χ2n) is 7.18. The summed E-state index contributed by atoms with van der Waals surface area (Å²) in [6, 6.07) is 14.3. The van der Waals surface area contributed by atoms with Crippen molar-refractivity contribution in [1.29, 1.82) is 0 Å². The van der Waals surface area contributed by atoms with E-state index in [4.69, 9.17) is 21.1 Å². The van der Waals surface area contributed by atoms with E-state index in [0.717, 1.165) is 15.6 Å². The van der Waals surface area contributed by atoms with Gasteiger partial charge in [0.15, 0.2) is 6.61 Å². The van der Waals surface area contributed by atoms with Crippen molar-refractivity contribution in [3.8, 4) is 11.5 Å². The van der Waals surface area contributed by atoms with E-state index in [-0.39, 0.29) is 28.2 Å². The second kappa shape index (κ2) is 10.5. The lowest BCUT2D eigenvalue weighted by atomic mass is 10.1. The third kappa shape index (κ3) is 6.40. The van der Waals surface area contributed by atoms with E-state index in [2.05, 4.69) is 26.0 Å². The summed E-state index contributed by atoms with van der Waals surface area (Å²) in [7, 11) is -2.35. The molecule has 0 spiro atoms. The quantitative estimate of drug-likeness (QED) is 0.382. The van der Waals surface area contributed by atoms with Crippen molar-refractivity contribution in [3.63, 3.8) is 0 Å². The number of sulfonamides is 1. The average Bonchev–Trinajstić information content (AvgIpc) is 2.75. The van der Waals surface area contributed by atoms with Crippen LogP contribution in [0.4, 0.5) is 11.4 Å². The van der Waals surface area contributed by atoms with Crippen molar-refractivity contribution in [1.82, 2.24) is 0 Å². The van der Waals surface area contributed by atoms with Crippen molar-refractivity contribution in [2.75, 3.05) is 23.8 Å². The summed E-state index contributed by atoms with van der Waals surface area (Å²) in [6.07, 6.45) is 0. The Balaban J connectivity index is 1.65. The first-order valence-electron chi connectivity index (χ1n) is 9.75. The van der Waals surface area contributed by atoms with Crippen LogP contribution in [-0.4, -0.2) is 28.0 Å². The van der Waals surface area contributed by atoms with Crippen LogP contribution in [0.5, 0.6) is 11.5 Å². The zero-order valence-corrected chi connectivity index (χ0v) is 21.3. The van der Waals surface area contributed by atoms with Gasteiger partial charge < -0.3 is 14.8 Å². The Labute approximate surface area is 206 Å². The number of nitrogens with one attached hydrogen (secondary N) is 2. The van der Waals surface area contributed by atoms with Gasteiger partial charge in [0, 0.05) is 15.8 Å². The van der Waals surface area contributed by atoms with Crippen LogP contribution in [0.3, 0.4) is 0 Å². The van der Waals surface area contributed by atoms with E-state index < -0.39 is 10.0 Å². The number of anilines is 2. The summed E-state index contributed by atoms with van der Waals surface area (Å²) in [5.41, 5.74) is 2.91. The number of carbonyl (C=O) groups is 1. The molecule has 3 aromatic carbocycles. The number of methoxy groups -OCH3 is 1. The van der Waals surface area contributed by atoms with E-state index >= 15 is 0 Å². The fourth-order valence-electron chi connectivity index (χ4n) is 3.07. The summed E-state index contributed by atoms with van der Waals surface area (Å²) >= 11 is 9.64. The lowest BCUT2D eigenvalue weighted by Crippen LogP contribution is -2.21. The molecular formula is C23H22BrClN2O5S. The molecule has 0 aliphatic carbocycles. The first-order valence-corrected chi connectivity index (χ1v) is 12.4. The van der Waals surface area contributed by atoms with Gasteiger partial charge in [-0.2, -0.15) is 0 Å². The summed E-state index contributed by atoms with van der Waals surface area (Å²) in [4.78, 5) is 12.3. The lowest BCUT2D eigenvalue weighted by molar-refractivity contribution is -0.118. The van der Waals surface area contributed by atoms with Gasteiger partial charge in [0.05, 0.1) is 17.0 Å². The molecule has 2 N–H and O–H groups in total. The van der Waals surface area contributed by atoms with Crippen molar-refractivity contribution in [2.24, 2.45) is 0 Å². The minimum Gasteiger partial charge on any atom is -0.497 e. The average molecular weight is 554 g/mol. The number of hydrogen-bond donors (Lipinski definition) is 2. The molecule has 33 heavy (non-hydrogen) atoms. The predicted octanol–water partition coefficient (Wildman–Crippen LogP) is 5.55. The monoisotopic (exact) mass is 552 g/mol. The zero-order valence-electron chi connectivity index (χ0n) is 18.1. The molecule has 0 aromatic heterocycles. The molecule has 10 heteroatoms. The maximum absolute atomic E-state index is 12.7. The van der Waals surface area contributed by atoms with Crippen molar-refractivity contribution in [3.05, 3.63) is 75.2 Å². The molecule has 0 heterocycles. The highest BCUT2D eigenvalue weighted by Gasteiger charge is 2.17. The fraction of sp³-hybridized carbons (Fsp3) is 0.174. The number of halogens is 2. The summed E-state index contributed by atoms with van der Waals surface area (Å²) in [5, 5.41) is 2.89. The first-order chi connectivity index (χ1) is 15.6. The molecule has 0 bridgehead atoms. The van der Waals surface area contributed by atoms with Crippen LogP contribution in [-0.2, 0) is 14.8 Å². The van der Waals surface area contributed by atoms with Gasteiger partial charge in [-0.25, -0.2) is 8.42 Å². The molecule has 174 valence electrons. The largest absolute Gasteiger partial charge is 0.497 e. The van der Waals surface area contributed by atoms with Crippen LogP contribution < -0.4 is 19.5 Å². The third-order valence-corrected chi connectivity index (χ3v) is 6.81. The molecular weight excluding hydrogens is 532 g/mol. The van der Waals surface area contributed by atoms with Crippen LogP contribution in [0.15, 0.2) is 64.0 Å². The van der Waals surface area contributed by atoms with Crippen LogP contribution in [0.2, 0.25) is 5.02 Å². The van der Waals surface area contributed by atoms with E-state index in [0.29, 0.717) is 17.1 Å². The van der Waals surface area contributed by atoms with Gasteiger partial charge in [-0.1, -0.05) is 27.5 Å². The summed E-state index contributed by atoms with van der Waals surface area (Å²) in [6.45, 7) is 3.50. The van der Waals surface area contributed by atoms with Crippen molar-refractivity contribution in [2.45, 2.75) is 18.7 Å². The molecule has 0 saturated heterocycles. The Morgan fingerprint density at radius 1 is 1.03 bits per heavy atom. The predicted molar refractivity (Wildman–Crippen MR) is 133 cm³/mol.